The van der Waals surface area contributed by atoms with Crippen molar-refractivity contribution in [1.82, 2.24) is 30.2 Å². The predicted octanol–water partition coefficient (Wildman–Crippen LogP) is 1.97. The van der Waals surface area contributed by atoms with Gasteiger partial charge in [0.15, 0.2) is 5.82 Å². The molecule has 32 heavy (non-hydrogen) atoms. The second-order valence-corrected chi connectivity index (χ2v) is 8.25. The zero-order valence-electron chi connectivity index (χ0n) is 18.0. The van der Waals surface area contributed by atoms with Crippen molar-refractivity contribution < 1.29 is 9.53 Å². The van der Waals surface area contributed by atoms with Crippen molar-refractivity contribution in [3.8, 4) is 11.9 Å². The minimum absolute atomic E-state index is 0.169. The van der Waals surface area contributed by atoms with Crippen LogP contribution in [0.3, 0.4) is 0 Å². The number of hydrogen-bond acceptors (Lipinski definition) is 8. The molecule has 2 aliphatic heterocycles. The number of cyclic esters (lactones) is 1. The minimum atomic E-state index is -0.233. The van der Waals surface area contributed by atoms with E-state index in [1.54, 1.807) is 10.9 Å². The van der Waals surface area contributed by atoms with E-state index in [0.29, 0.717) is 30.1 Å². The number of ether oxygens (including phenoxy) is 1. The third kappa shape index (κ3) is 3.64. The van der Waals surface area contributed by atoms with E-state index in [4.69, 9.17) is 10.00 Å². The Labute approximate surface area is 185 Å². The van der Waals surface area contributed by atoms with Gasteiger partial charge in [0.05, 0.1) is 23.0 Å². The number of aryl methyl sites for hydroxylation is 1. The number of piperazine rings is 1. The lowest BCUT2D eigenvalue weighted by molar-refractivity contribution is 0.0535. The summed E-state index contributed by atoms with van der Waals surface area (Å²) in [5.74, 6) is 0.409. The number of benzene rings is 1. The summed E-state index contributed by atoms with van der Waals surface area (Å²) in [5.41, 5.74) is 6.28. The maximum Gasteiger partial charge on any atom is 0.338 e. The number of rotatable bonds is 4. The number of nitrogens with zero attached hydrogens (tertiary/aromatic N) is 6. The SMILES string of the molecule is Cc1cc(-n2cc(CN3CCN[C@H](c4ccc5c(c4C)COC5=O)C3)nn2)ncc1C#N. The fourth-order valence-corrected chi connectivity index (χ4v) is 4.40. The highest BCUT2D eigenvalue weighted by molar-refractivity contribution is 5.94. The smallest absolute Gasteiger partial charge is 0.338 e. The van der Waals surface area contributed by atoms with Crippen molar-refractivity contribution in [3.05, 3.63) is 69.7 Å². The van der Waals surface area contributed by atoms with Crippen LogP contribution in [0.1, 0.15) is 49.9 Å². The molecule has 2 aliphatic rings. The van der Waals surface area contributed by atoms with Crippen LogP contribution in [-0.4, -0.2) is 50.5 Å². The fraction of sp³-hybridized carbons (Fsp3) is 0.348. The summed E-state index contributed by atoms with van der Waals surface area (Å²) in [6.07, 6.45) is 3.44. The summed E-state index contributed by atoms with van der Waals surface area (Å²) >= 11 is 0. The molecule has 3 aromatic rings. The number of nitrogens with one attached hydrogen (secondary N) is 1. The van der Waals surface area contributed by atoms with Crippen molar-refractivity contribution >= 4 is 5.97 Å². The lowest BCUT2D eigenvalue weighted by Gasteiger charge is -2.34. The molecular weight excluding hydrogens is 406 g/mol. The number of hydrogen-bond donors (Lipinski definition) is 1. The van der Waals surface area contributed by atoms with Gasteiger partial charge in [0.2, 0.25) is 0 Å². The van der Waals surface area contributed by atoms with Gasteiger partial charge in [0.25, 0.3) is 0 Å². The van der Waals surface area contributed by atoms with E-state index in [9.17, 15) is 4.79 Å². The summed E-state index contributed by atoms with van der Waals surface area (Å²) < 4.78 is 6.84. The number of esters is 1. The van der Waals surface area contributed by atoms with E-state index in [0.717, 1.165) is 42.0 Å². The third-order valence-corrected chi connectivity index (χ3v) is 6.22. The lowest BCUT2D eigenvalue weighted by atomic mass is 9.93. The van der Waals surface area contributed by atoms with Crippen molar-refractivity contribution in [2.75, 3.05) is 19.6 Å². The summed E-state index contributed by atoms with van der Waals surface area (Å²) in [4.78, 5) is 18.5. The largest absolute Gasteiger partial charge is 0.457 e. The van der Waals surface area contributed by atoms with Gasteiger partial charge in [-0.1, -0.05) is 11.3 Å². The van der Waals surface area contributed by atoms with Gasteiger partial charge in [-0.2, -0.15) is 5.26 Å². The highest BCUT2D eigenvalue weighted by Gasteiger charge is 2.28. The molecule has 1 aromatic carbocycles. The highest BCUT2D eigenvalue weighted by atomic mass is 16.5. The first-order chi connectivity index (χ1) is 15.5. The van der Waals surface area contributed by atoms with Crippen LogP contribution in [0.25, 0.3) is 5.82 Å². The molecule has 162 valence electrons. The summed E-state index contributed by atoms with van der Waals surface area (Å²) in [5, 5.41) is 21.2. The lowest BCUT2D eigenvalue weighted by Crippen LogP contribution is -2.45. The minimum Gasteiger partial charge on any atom is -0.457 e. The Morgan fingerprint density at radius 1 is 1.34 bits per heavy atom. The van der Waals surface area contributed by atoms with Crippen LogP contribution in [0, 0.1) is 25.2 Å². The van der Waals surface area contributed by atoms with Gasteiger partial charge in [0.1, 0.15) is 12.7 Å². The molecule has 1 saturated heterocycles. The number of pyridine rings is 1. The fourth-order valence-electron chi connectivity index (χ4n) is 4.40. The summed E-state index contributed by atoms with van der Waals surface area (Å²) in [6.45, 7) is 7.58. The normalized spacial score (nSPS) is 18.3. The molecule has 9 heteroatoms. The van der Waals surface area contributed by atoms with Gasteiger partial charge in [-0.25, -0.2) is 14.5 Å². The van der Waals surface area contributed by atoms with E-state index in [-0.39, 0.29) is 12.0 Å². The van der Waals surface area contributed by atoms with E-state index in [1.165, 1.54) is 5.56 Å². The van der Waals surface area contributed by atoms with Crippen LogP contribution in [0.5, 0.6) is 0 Å². The van der Waals surface area contributed by atoms with Gasteiger partial charge in [-0.3, -0.25) is 4.90 Å². The van der Waals surface area contributed by atoms with E-state index in [2.05, 4.69) is 38.5 Å². The molecular formula is C23H23N7O2. The molecule has 0 amide bonds. The molecule has 1 fully saturated rings. The average Bonchev–Trinajstić information content (AvgIpc) is 3.41. The first kappa shape index (κ1) is 20.3. The topological polar surface area (TPSA) is 109 Å². The third-order valence-electron chi connectivity index (χ3n) is 6.22. The van der Waals surface area contributed by atoms with Gasteiger partial charge >= 0.3 is 5.97 Å². The first-order valence-corrected chi connectivity index (χ1v) is 10.6. The van der Waals surface area contributed by atoms with Gasteiger partial charge in [-0.15, -0.1) is 5.10 Å². The predicted molar refractivity (Wildman–Crippen MR) is 115 cm³/mol. The van der Waals surface area contributed by atoms with Crippen LogP contribution in [0.2, 0.25) is 0 Å². The second kappa shape index (κ2) is 8.15. The summed E-state index contributed by atoms with van der Waals surface area (Å²) in [7, 11) is 0. The molecule has 0 aliphatic carbocycles. The van der Waals surface area contributed by atoms with Crippen LogP contribution in [-0.2, 0) is 17.9 Å². The number of carbonyl (C=O) groups is 1. The quantitative estimate of drug-likeness (QED) is 0.627. The zero-order chi connectivity index (χ0) is 22.2. The maximum atomic E-state index is 11.8. The molecule has 0 spiro atoms. The first-order valence-electron chi connectivity index (χ1n) is 10.6. The Bertz CT molecular complexity index is 1240. The zero-order valence-corrected chi connectivity index (χ0v) is 18.0. The average molecular weight is 429 g/mol. The van der Waals surface area contributed by atoms with Gasteiger partial charge in [0, 0.05) is 44.0 Å². The molecule has 1 atom stereocenters. The van der Waals surface area contributed by atoms with Crippen LogP contribution >= 0.6 is 0 Å². The monoisotopic (exact) mass is 429 g/mol. The van der Waals surface area contributed by atoms with Crippen molar-refractivity contribution in [1.29, 1.82) is 5.26 Å². The number of aromatic nitrogens is 4. The molecule has 5 rings (SSSR count). The highest BCUT2D eigenvalue weighted by Crippen LogP contribution is 2.30. The van der Waals surface area contributed by atoms with E-state index < -0.39 is 0 Å². The van der Waals surface area contributed by atoms with Gasteiger partial charge < -0.3 is 10.1 Å². The number of carbonyl (C=O) groups excluding carboxylic acids is 1. The Morgan fingerprint density at radius 3 is 3.03 bits per heavy atom. The standard InChI is InChI=1S/C23H23N7O2/c1-14-7-22(26-9-16(14)8-24)30-11-17(27-28-30)10-29-6-5-25-21(12-29)18-3-4-19-20(15(18)2)13-32-23(19)31/h3-4,7,9,11,21,25H,5-6,10,12-13H2,1-2H3/t21-/m0/s1. The number of fused-ring (bicyclic) bond motifs is 1. The maximum absolute atomic E-state index is 11.8. The van der Waals surface area contributed by atoms with Crippen LogP contribution < -0.4 is 5.32 Å². The number of nitriles is 1. The molecule has 9 nitrogen and oxygen atoms in total. The Kier molecular flexibility index (Phi) is 5.17. The molecule has 2 aromatic heterocycles. The molecule has 0 unspecified atom stereocenters. The van der Waals surface area contributed by atoms with Crippen LogP contribution in [0.15, 0.2) is 30.6 Å². The molecule has 4 heterocycles. The Hall–Kier alpha value is -3.61. The van der Waals surface area contributed by atoms with Crippen molar-refractivity contribution in [2.24, 2.45) is 0 Å². The Balaban J connectivity index is 1.30. The van der Waals surface area contributed by atoms with Crippen molar-refractivity contribution in [3.63, 3.8) is 0 Å². The molecule has 0 radical (unpaired) electrons. The summed E-state index contributed by atoms with van der Waals surface area (Å²) in [6, 6.07) is 8.05. The van der Waals surface area contributed by atoms with E-state index >= 15 is 0 Å². The van der Waals surface area contributed by atoms with Gasteiger partial charge in [-0.05, 0) is 42.7 Å². The van der Waals surface area contributed by atoms with Crippen LogP contribution in [0.4, 0.5) is 0 Å². The second-order valence-electron chi connectivity index (χ2n) is 8.25. The molecule has 0 bridgehead atoms. The van der Waals surface area contributed by atoms with Crippen molar-refractivity contribution in [2.45, 2.75) is 33.0 Å². The Morgan fingerprint density at radius 2 is 2.22 bits per heavy atom. The molecule has 1 N–H and O–H groups in total. The molecule has 0 saturated carbocycles. The van der Waals surface area contributed by atoms with E-state index in [1.807, 2.05) is 31.3 Å².